The average Bonchev–Trinajstić information content (AvgIpc) is 3.29. The Balaban J connectivity index is 1.30. The summed E-state index contributed by atoms with van der Waals surface area (Å²) in [7, 11) is 1.77. The lowest BCUT2D eigenvalue weighted by atomic mass is 9.90. The van der Waals surface area contributed by atoms with Crippen LogP contribution in [0.25, 0.3) is 22.4 Å². The summed E-state index contributed by atoms with van der Waals surface area (Å²) in [4.78, 5) is 51.0. The highest BCUT2D eigenvalue weighted by Gasteiger charge is 2.40. The van der Waals surface area contributed by atoms with Gasteiger partial charge in [-0.15, -0.1) is 11.3 Å². The predicted octanol–water partition coefficient (Wildman–Crippen LogP) is 5.62. The minimum Gasteiger partial charge on any atom is -0.481 e. The number of aromatic nitrogens is 2. The van der Waals surface area contributed by atoms with E-state index in [9.17, 15) is 19.5 Å². The number of carbonyl (C=O) groups is 3. The first-order chi connectivity index (χ1) is 18.9. The molecule has 1 atom stereocenters. The maximum absolute atomic E-state index is 13.8. The summed E-state index contributed by atoms with van der Waals surface area (Å²) < 4.78 is 0. The van der Waals surface area contributed by atoms with Crippen molar-refractivity contribution in [3.8, 4) is 22.4 Å². The molecule has 3 aliphatic rings. The molecule has 2 saturated carbocycles. The number of aliphatic carboxylic acids is 1. The first kappa shape index (κ1) is 25.7. The van der Waals surface area contributed by atoms with E-state index < -0.39 is 11.9 Å². The Kier molecular flexibility index (Phi) is 6.93. The summed E-state index contributed by atoms with van der Waals surface area (Å²) in [6, 6.07) is 9.87. The van der Waals surface area contributed by atoms with Gasteiger partial charge in [-0.2, -0.15) is 0 Å². The Morgan fingerprint density at radius 1 is 1.13 bits per heavy atom. The number of carboxylic acid groups (broad SMARTS) is 1. The molecule has 39 heavy (non-hydrogen) atoms. The molecule has 0 bridgehead atoms. The standard InChI is InChI=1S/C30H32N4O4S/c1-33-16-25-24(29(33)38)13-20(15-31-25)22-8-4-5-9-23(22)26-17-39-30(32-26)34(21-10-11-21)28(37)19(14-27(35)36)12-18-6-2-3-7-18/h4-5,8-9,13,15,17-19,21H,2-3,6-7,10-12,14,16H2,1H3,(H,35,36)/t19-/m1/s1. The van der Waals surface area contributed by atoms with Crippen LogP contribution in [0.5, 0.6) is 0 Å². The number of thiazole rings is 1. The van der Waals surface area contributed by atoms with Crippen molar-refractivity contribution in [2.75, 3.05) is 11.9 Å². The maximum atomic E-state index is 13.8. The van der Waals surface area contributed by atoms with Gasteiger partial charge >= 0.3 is 5.97 Å². The molecule has 3 heterocycles. The molecular weight excluding hydrogens is 512 g/mol. The zero-order valence-corrected chi connectivity index (χ0v) is 22.8. The van der Waals surface area contributed by atoms with E-state index in [1.54, 1.807) is 23.0 Å². The van der Waals surface area contributed by atoms with Crippen LogP contribution in [0.1, 0.15) is 67.4 Å². The molecule has 1 aliphatic heterocycles. The van der Waals surface area contributed by atoms with Crippen molar-refractivity contribution < 1.29 is 19.5 Å². The average molecular weight is 545 g/mol. The molecule has 0 spiro atoms. The Morgan fingerprint density at radius 2 is 1.87 bits per heavy atom. The predicted molar refractivity (Wildman–Crippen MR) is 149 cm³/mol. The van der Waals surface area contributed by atoms with Gasteiger partial charge in [0.15, 0.2) is 5.13 Å². The van der Waals surface area contributed by atoms with E-state index in [-0.39, 0.29) is 24.3 Å². The monoisotopic (exact) mass is 544 g/mol. The van der Waals surface area contributed by atoms with Crippen molar-refractivity contribution in [2.24, 2.45) is 11.8 Å². The fourth-order valence-corrected chi connectivity index (χ4v) is 6.90. The third kappa shape index (κ3) is 5.20. The van der Waals surface area contributed by atoms with E-state index in [1.807, 2.05) is 35.7 Å². The Labute approximate surface area is 231 Å². The van der Waals surface area contributed by atoms with Crippen LogP contribution in [-0.4, -0.2) is 50.8 Å². The van der Waals surface area contributed by atoms with Crippen LogP contribution in [0.2, 0.25) is 0 Å². The highest BCUT2D eigenvalue weighted by molar-refractivity contribution is 7.14. The second-order valence-corrected chi connectivity index (χ2v) is 11.9. The number of amides is 2. The highest BCUT2D eigenvalue weighted by atomic mass is 32.1. The summed E-state index contributed by atoms with van der Waals surface area (Å²) >= 11 is 1.42. The SMILES string of the molecule is CN1Cc2ncc(-c3ccccc3-c3csc(N(C(=O)[C@@H](CC(=O)O)CC4CCCC4)C4CC4)n3)cc2C1=O. The second kappa shape index (κ2) is 10.5. The molecule has 0 radical (unpaired) electrons. The van der Waals surface area contributed by atoms with Gasteiger partial charge in [-0.05, 0) is 36.8 Å². The molecule has 202 valence electrons. The fraction of sp³-hybridized carbons (Fsp3) is 0.433. The number of anilines is 1. The summed E-state index contributed by atoms with van der Waals surface area (Å²) in [5, 5.41) is 12.2. The van der Waals surface area contributed by atoms with Crippen LogP contribution in [0.15, 0.2) is 41.9 Å². The first-order valence-electron chi connectivity index (χ1n) is 13.7. The number of hydrogen-bond acceptors (Lipinski definition) is 6. The number of pyridine rings is 1. The van der Waals surface area contributed by atoms with E-state index in [2.05, 4.69) is 4.98 Å². The Hall–Kier alpha value is -3.59. The highest BCUT2D eigenvalue weighted by Crippen LogP contribution is 2.41. The van der Waals surface area contributed by atoms with Gasteiger partial charge in [-0.1, -0.05) is 49.9 Å². The molecule has 1 aromatic carbocycles. The number of carboxylic acids is 1. The molecule has 2 amide bonds. The molecule has 6 rings (SSSR count). The number of hydrogen-bond donors (Lipinski definition) is 1. The Morgan fingerprint density at radius 3 is 2.59 bits per heavy atom. The minimum atomic E-state index is -0.927. The van der Waals surface area contributed by atoms with Crippen LogP contribution in [0, 0.1) is 11.8 Å². The Bertz CT molecular complexity index is 1430. The van der Waals surface area contributed by atoms with Gasteiger partial charge in [-0.3, -0.25) is 24.3 Å². The number of benzene rings is 1. The number of rotatable bonds is 9. The van der Waals surface area contributed by atoms with Gasteiger partial charge in [0, 0.05) is 41.7 Å². The molecule has 2 fully saturated rings. The molecular formula is C30H32N4O4S. The van der Waals surface area contributed by atoms with Crippen LogP contribution >= 0.6 is 11.3 Å². The number of nitrogens with zero attached hydrogens (tertiary/aromatic N) is 4. The van der Waals surface area contributed by atoms with Crippen molar-refractivity contribution in [1.29, 1.82) is 0 Å². The third-order valence-corrected chi connectivity index (χ3v) is 9.00. The zero-order chi connectivity index (χ0) is 27.1. The fourth-order valence-electron chi connectivity index (χ4n) is 6.00. The molecule has 0 saturated heterocycles. The van der Waals surface area contributed by atoms with E-state index in [1.165, 1.54) is 11.3 Å². The van der Waals surface area contributed by atoms with Gasteiger partial charge in [0.05, 0.1) is 29.9 Å². The molecule has 0 unspecified atom stereocenters. The van der Waals surface area contributed by atoms with Crippen LogP contribution in [0.3, 0.4) is 0 Å². The third-order valence-electron chi connectivity index (χ3n) is 8.16. The maximum Gasteiger partial charge on any atom is 0.304 e. The largest absolute Gasteiger partial charge is 0.481 e. The second-order valence-electron chi connectivity index (χ2n) is 11.1. The molecule has 8 nitrogen and oxygen atoms in total. The molecule has 2 aliphatic carbocycles. The van der Waals surface area contributed by atoms with Crippen molar-refractivity contribution in [3.05, 3.63) is 53.2 Å². The van der Waals surface area contributed by atoms with Crippen molar-refractivity contribution in [1.82, 2.24) is 14.9 Å². The van der Waals surface area contributed by atoms with E-state index in [0.29, 0.717) is 29.6 Å². The van der Waals surface area contributed by atoms with Crippen molar-refractivity contribution in [2.45, 2.75) is 64.0 Å². The lowest BCUT2D eigenvalue weighted by molar-refractivity contribution is -0.141. The quantitative estimate of drug-likeness (QED) is 0.375. The summed E-state index contributed by atoms with van der Waals surface area (Å²) in [5.74, 6) is -1.17. The minimum absolute atomic E-state index is 0.0279. The molecule has 3 aromatic rings. The van der Waals surface area contributed by atoms with E-state index >= 15 is 0 Å². The molecule has 9 heteroatoms. The van der Waals surface area contributed by atoms with Crippen molar-refractivity contribution >= 4 is 34.3 Å². The number of carbonyl (C=O) groups excluding carboxylic acids is 2. The zero-order valence-electron chi connectivity index (χ0n) is 22.0. The van der Waals surface area contributed by atoms with Crippen LogP contribution in [-0.2, 0) is 16.1 Å². The summed E-state index contributed by atoms with van der Waals surface area (Å²) in [6.45, 7) is 0.514. The molecule has 1 N–H and O–H groups in total. The summed E-state index contributed by atoms with van der Waals surface area (Å²) in [6.07, 6.45) is 8.57. The summed E-state index contributed by atoms with van der Waals surface area (Å²) in [5.41, 5.74) is 4.82. The lowest BCUT2D eigenvalue weighted by Gasteiger charge is -2.26. The van der Waals surface area contributed by atoms with Gasteiger partial charge in [-0.25, -0.2) is 4.98 Å². The first-order valence-corrected chi connectivity index (χ1v) is 14.6. The van der Waals surface area contributed by atoms with Crippen LogP contribution in [0.4, 0.5) is 5.13 Å². The lowest BCUT2D eigenvalue weighted by Crippen LogP contribution is -2.39. The van der Waals surface area contributed by atoms with Gasteiger partial charge in [0.2, 0.25) is 5.91 Å². The normalized spacial score (nSPS) is 17.9. The van der Waals surface area contributed by atoms with Gasteiger partial charge in [0.25, 0.3) is 5.91 Å². The van der Waals surface area contributed by atoms with Crippen molar-refractivity contribution in [3.63, 3.8) is 0 Å². The van der Waals surface area contributed by atoms with E-state index in [0.717, 1.165) is 66.6 Å². The number of fused-ring (bicyclic) bond motifs is 1. The molecule has 2 aromatic heterocycles. The van der Waals surface area contributed by atoms with Gasteiger partial charge in [0.1, 0.15) is 0 Å². The van der Waals surface area contributed by atoms with E-state index in [4.69, 9.17) is 4.98 Å². The smallest absolute Gasteiger partial charge is 0.304 e. The van der Waals surface area contributed by atoms with Crippen LogP contribution < -0.4 is 4.90 Å². The topological polar surface area (TPSA) is 104 Å². The van der Waals surface area contributed by atoms with Gasteiger partial charge < -0.3 is 10.0 Å².